The minimum Gasteiger partial charge on any atom is -0.481 e. The molecule has 0 spiro atoms. The van der Waals surface area contributed by atoms with Crippen LogP contribution in [0.4, 0.5) is 5.95 Å². The Morgan fingerprint density at radius 1 is 1.33 bits per heavy atom. The van der Waals surface area contributed by atoms with Gasteiger partial charge in [-0.3, -0.25) is 4.57 Å². The van der Waals surface area contributed by atoms with Gasteiger partial charge in [-0.05, 0) is 38.7 Å². The Morgan fingerprint density at radius 3 is 2.67 bits per heavy atom. The third-order valence-electron chi connectivity index (χ3n) is 3.87. The lowest BCUT2D eigenvalue weighted by molar-refractivity contribution is 0.315. The SMILES string of the molecule is COc1ccc2nc(N)n(C(C)(C)C3CC3)c2n1. The second-order valence-corrected chi connectivity index (χ2v) is 5.43. The molecule has 2 aromatic heterocycles. The minimum absolute atomic E-state index is 0.0435. The van der Waals surface area contributed by atoms with Gasteiger partial charge in [-0.15, -0.1) is 0 Å². The molecular formula is C13H18N4O. The maximum atomic E-state index is 6.07. The molecule has 0 amide bonds. The summed E-state index contributed by atoms with van der Waals surface area (Å²) in [6.45, 7) is 4.40. The number of nitrogens with two attached hydrogens (primary N) is 1. The van der Waals surface area contributed by atoms with Crippen LogP contribution in [0.15, 0.2) is 12.1 Å². The quantitative estimate of drug-likeness (QED) is 0.901. The molecule has 5 nitrogen and oxygen atoms in total. The average Bonchev–Trinajstić information content (AvgIpc) is 3.11. The number of pyridine rings is 1. The molecule has 1 fully saturated rings. The summed E-state index contributed by atoms with van der Waals surface area (Å²) in [5, 5.41) is 0. The van der Waals surface area contributed by atoms with E-state index in [1.54, 1.807) is 7.11 Å². The van der Waals surface area contributed by atoms with E-state index in [9.17, 15) is 0 Å². The van der Waals surface area contributed by atoms with Crippen molar-refractivity contribution in [3.63, 3.8) is 0 Å². The summed E-state index contributed by atoms with van der Waals surface area (Å²) in [7, 11) is 1.62. The summed E-state index contributed by atoms with van der Waals surface area (Å²) in [6, 6.07) is 3.71. The standard InChI is InChI=1S/C13H18N4O/c1-13(2,8-4-5-8)17-11-9(15-12(17)14)6-7-10(16-11)18-3/h6-8H,4-5H2,1-3H3,(H2,14,15). The molecule has 2 N–H and O–H groups in total. The highest BCUT2D eigenvalue weighted by molar-refractivity contribution is 5.75. The molecule has 18 heavy (non-hydrogen) atoms. The number of rotatable bonds is 3. The molecule has 0 unspecified atom stereocenters. The predicted octanol–water partition coefficient (Wildman–Crippen LogP) is 2.17. The molecule has 0 saturated heterocycles. The number of hydrogen-bond donors (Lipinski definition) is 1. The molecule has 3 rings (SSSR count). The van der Waals surface area contributed by atoms with Gasteiger partial charge in [-0.1, -0.05) is 0 Å². The number of ether oxygens (including phenoxy) is 1. The molecule has 0 bridgehead atoms. The molecule has 2 heterocycles. The van der Waals surface area contributed by atoms with Crippen LogP contribution >= 0.6 is 0 Å². The first-order valence-corrected chi connectivity index (χ1v) is 6.23. The molecule has 0 atom stereocenters. The van der Waals surface area contributed by atoms with Crippen LogP contribution in [0, 0.1) is 5.92 Å². The fraction of sp³-hybridized carbons (Fsp3) is 0.538. The smallest absolute Gasteiger partial charge is 0.215 e. The van der Waals surface area contributed by atoms with Gasteiger partial charge in [0.2, 0.25) is 11.8 Å². The highest BCUT2D eigenvalue weighted by Gasteiger charge is 2.41. The maximum absolute atomic E-state index is 6.07. The summed E-state index contributed by atoms with van der Waals surface area (Å²) in [5.74, 6) is 1.78. The lowest BCUT2D eigenvalue weighted by atomic mass is 9.98. The zero-order chi connectivity index (χ0) is 12.9. The van der Waals surface area contributed by atoms with Gasteiger partial charge in [0.05, 0.1) is 7.11 Å². The minimum atomic E-state index is -0.0435. The van der Waals surface area contributed by atoms with Gasteiger partial charge in [-0.2, -0.15) is 4.98 Å². The highest BCUT2D eigenvalue weighted by atomic mass is 16.5. The Morgan fingerprint density at radius 2 is 2.06 bits per heavy atom. The van der Waals surface area contributed by atoms with Crippen molar-refractivity contribution < 1.29 is 4.74 Å². The predicted molar refractivity (Wildman–Crippen MR) is 70.5 cm³/mol. The Kier molecular flexibility index (Phi) is 2.27. The van der Waals surface area contributed by atoms with E-state index in [-0.39, 0.29) is 5.54 Å². The molecule has 0 aromatic carbocycles. The number of anilines is 1. The van der Waals surface area contributed by atoms with Crippen molar-refractivity contribution in [2.75, 3.05) is 12.8 Å². The van der Waals surface area contributed by atoms with Crippen molar-refractivity contribution in [2.45, 2.75) is 32.2 Å². The molecule has 1 aliphatic carbocycles. The summed E-state index contributed by atoms with van der Waals surface area (Å²) in [6.07, 6.45) is 2.49. The highest BCUT2D eigenvalue weighted by Crippen LogP contribution is 2.45. The van der Waals surface area contributed by atoms with Crippen molar-refractivity contribution in [1.82, 2.24) is 14.5 Å². The van der Waals surface area contributed by atoms with E-state index >= 15 is 0 Å². The topological polar surface area (TPSA) is 66.0 Å². The van der Waals surface area contributed by atoms with Gasteiger partial charge in [0.1, 0.15) is 5.52 Å². The van der Waals surface area contributed by atoms with E-state index in [0.29, 0.717) is 17.7 Å². The Bertz CT molecular complexity index is 598. The largest absolute Gasteiger partial charge is 0.481 e. The van der Waals surface area contributed by atoms with E-state index in [2.05, 4.69) is 23.8 Å². The fourth-order valence-corrected chi connectivity index (χ4v) is 2.61. The van der Waals surface area contributed by atoms with E-state index in [1.165, 1.54) is 12.8 Å². The van der Waals surface area contributed by atoms with Crippen LogP contribution in [0.1, 0.15) is 26.7 Å². The zero-order valence-corrected chi connectivity index (χ0v) is 11.0. The number of nitrogen functional groups attached to an aromatic ring is 1. The van der Waals surface area contributed by atoms with Gasteiger partial charge >= 0.3 is 0 Å². The zero-order valence-electron chi connectivity index (χ0n) is 11.0. The maximum Gasteiger partial charge on any atom is 0.215 e. The fourth-order valence-electron chi connectivity index (χ4n) is 2.61. The average molecular weight is 246 g/mol. The molecule has 1 saturated carbocycles. The number of nitrogens with zero attached hydrogens (tertiary/aromatic N) is 3. The number of aromatic nitrogens is 3. The lowest BCUT2D eigenvalue weighted by Crippen LogP contribution is -2.30. The van der Waals surface area contributed by atoms with Crippen molar-refractivity contribution >= 4 is 17.1 Å². The van der Waals surface area contributed by atoms with Crippen LogP contribution in [0.5, 0.6) is 5.88 Å². The van der Waals surface area contributed by atoms with E-state index in [4.69, 9.17) is 10.5 Å². The van der Waals surface area contributed by atoms with E-state index < -0.39 is 0 Å². The number of hydrogen-bond acceptors (Lipinski definition) is 4. The lowest BCUT2D eigenvalue weighted by Gasteiger charge is -2.27. The van der Waals surface area contributed by atoms with Crippen LogP contribution in [-0.4, -0.2) is 21.6 Å². The summed E-state index contributed by atoms with van der Waals surface area (Å²) in [4.78, 5) is 8.88. The number of fused-ring (bicyclic) bond motifs is 1. The Balaban J connectivity index is 2.23. The van der Waals surface area contributed by atoms with Crippen LogP contribution in [-0.2, 0) is 5.54 Å². The van der Waals surface area contributed by atoms with Gasteiger partial charge in [0.15, 0.2) is 5.65 Å². The molecule has 0 radical (unpaired) electrons. The first-order valence-electron chi connectivity index (χ1n) is 6.23. The van der Waals surface area contributed by atoms with Gasteiger partial charge in [-0.25, -0.2) is 4.98 Å². The number of imidazole rings is 1. The second kappa shape index (κ2) is 3.60. The van der Waals surface area contributed by atoms with E-state index in [1.807, 2.05) is 16.7 Å². The third-order valence-corrected chi connectivity index (χ3v) is 3.87. The van der Waals surface area contributed by atoms with Gasteiger partial charge in [0, 0.05) is 11.6 Å². The molecule has 1 aliphatic rings. The van der Waals surface area contributed by atoms with Crippen LogP contribution in [0.25, 0.3) is 11.2 Å². The molecule has 0 aliphatic heterocycles. The van der Waals surface area contributed by atoms with Crippen LogP contribution in [0.3, 0.4) is 0 Å². The monoisotopic (exact) mass is 246 g/mol. The summed E-state index contributed by atoms with van der Waals surface area (Å²) < 4.78 is 7.23. The third kappa shape index (κ3) is 1.54. The van der Waals surface area contributed by atoms with Gasteiger partial charge in [0.25, 0.3) is 0 Å². The van der Waals surface area contributed by atoms with Crippen molar-refractivity contribution in [2.24, 2.45) is 5.92 Å². The van der Waals surface area contributed by atoms with Gasteiger partial charge < -0.3 is 10.5 Å². The van der Waals surface area contributed by atoms with Crippen molar-refractivity contribution in [3.05, 3.63) is 12.1 Å². The molecule has 2 aromatic rings. The first kappa shape index (κ1) is 11.3. The Hall–Kier alpha value is -1.78. The van der Waals surface area contributed by atoms with E-state index in [0.717, 1.165) is 11.2 Å². The first-order chi connectivity index (χ1) is 8.54. The normalized spacial score (nSPS) is 16.2. The second-order valence-electron chi connectivity index (χ2n) is 5.43. The van der Waals surface area contributed by atoms with Crippen LogP contribution in [0.2, 0.25) is 0 Å². The summed E-state index contributed by atoms with van der Waals surface area (Å²) in [5.41, 5.74) is 7.65. The number of methoxy groups -OCH3 is 1. The van der Waals surface area contributed by atoms with Crippen LogP contribution < -0.4 is 10.5 Å². The van der Waals surface area contributed by atoms with Crippen molar-refractivity contribution in [3.8, 4) is 5.88 Å². The Labute approximate surface area is 106 Å². The molecule has 5 heteroatoms. The molecular weight excluding hydrogens is 228 g/mol. The molecule has 96 valence electrons. The summed E-state index contributed by atoms with van der Waals surface area (Å²) >= 11 is 0. The van der Waals surface area contributed by atoms with Crippen molar-refractivity contribution in [1.29, 1.82) is 0 Å².